The van der Waals surface area contributed by atoms with E-state index in [1.54, 1.807) is 0 Å². The fourth-order valence-corrected chi connectivity index (χ4v) is 2.66. The number of anilines is 1. The van der Waals surface area contributed by atoms with E-state index >= 15 is 0 Å². The number of nitrogens with one attached hydrogen (secondary N) is 1. The second kappa shape index (κ2) is 5.01. The van der Waals surface area contributed by atoms with E-state index in [2.05, 4.69) is 5.32 Å². The minimum atomic E-state index is -1.08. The summed E-state index contributed by atoms with van der Waals surface area (Å²) in [7, 11) is 0. The Morgan fingerprint density at radius 2 is 1.95 bits per heavy atom. The molecular formula is C14H16F2N2O2. The Morgan fingerprint density at radius 3 is 2.65 bits per heavy atom. The summed E-state index contributed by atoms with van der Waals surface area (Å²) in [6, 6.07) is 1.58. The van der Waals surface area contributed by atoms with Crippen LogP contribution in [0, 0.1) is 17.6 Å². The van der Waals surface area contributed by atoms with E-state index in [1.165, 1.54) is 0 Å². The topological polar surface area (TPSA) is 64.4 Å². The molecule has 6 heteroatoms. The highest BCUT2D eigenvalue weighted by molar-refractivity contribution is 5.99. The Hall–Kier alpha value is -1.69. The minimum Gasteiger partial charge on any atom is -0.398 e. The van der Waals surface area contributed by atoms with E-state index < -0.39 is 17.5 Å². The molecule has 2 atom stereocenters. The quantitative estimate of drug-likeness (QED) is 0.831. The van der Waals surface area contributed by atoms with E-state index in [4.69, 9.17) is 10.5 Å². The number of amides is 1. The van der Waals surface area contributed by atoms with Gasteiger partial charge in [-0.05, 0) is 31.2 Å². The van der Waals surface area contributed by atoms with E-state index in [1.807, 2.05) is 0 Å². The van der Waals surface area contributed by atoms with Crippen LogP contribution in [0.15, 0.2) is 12.1 Å². The Morgan fingerprint density at radius 1 is 1.25 bits per heavy atom. The number of ether oxygens (including phenoxy) is 1. The van der Waals surface area contributed by atoms with Crippen molar-refractivity contribution in [2.75, 3.05) is 12.3 Å². The van der Waals surface area contributed by atoms with Gasteiger partial charge in [0.2, 0.25) is 0 Å². The van der Waals surface area contributed by atoms with E-state index in [9.17, 15) is 13.6 Å². The minimum absolute atomic E-state index is 0.0328. The fraction of sp³-hybridized carbons (Fsp3) is 0.500. The summed E-state index contributed by atoms with van der Waals surface area (Å²) in [5.41, 5.74) is 5.47. The van der Waals surface area contributed by atoms with Gasteiger partial charge in [0.1, 0.15) is 0 Å². The number of nitrogens with two attached hydrogens (primary N) is 1. The van der Waals surface area contributed by atoms with Crippen LogP contribution in [-0.2, 0) is 4.74 Å². The molecule has 1 amide bonds. The fourth-order valence-electron chi connectivity index (χ4n) is 2.66. The molecule has 0 bridgehead atoms. The highest BCUT2D eigenvalue weighted by atomic mass is 19.2. The third-order valence-corrected chi connectivity index (χ3v) is 3.88. The van der Waals surface area contributed by atoms with Gasteiger partial charge in [0.15, 0.2) is 11.6 Å². The average molecular weight is 282 g/mol. The highest BCUT2D eigenvalue weighted by Gasteiger charge is 2.41. The maximum absolute atomic E-state index is 13.2. The van der Waals surface area contributed by atoms with Crippen LogP contribution in [0.5, 0.6) is 0 Å². The molecule has 1 aliphatic heterocycles. The van der Waals surface area contributed by atoms with Gasteiger partial charge in [-0.3, -0.25) is 4.79 Å². The molecule has 0 radical (unpaired) electrons. The van der Waals surface area contributed by atoms with Gasteiger partial charge < -0.3 is 15.8 Å². The molecule has 1 aliphatic carbocycles. The number of benzene rings is 1. The Labute approximate surface area is 115 Å². The van der Waals surface area contributed by atoms with Crippen LogP contribution in [0.1, 0.15) is 29.6 Å². The molecule has 0 spiro atoms. The maximum atomic E-state index is 13.2. The molecule has 1 saturated carbocycles. The molecule has 2 unspecified atom stereocenters. The number of nitrogen functional groups attached to an aromatic ring is 1. The zero-order valence-corrected chi connectivity index (χ0v) is 10.9. The third-order valence-electron chi connectivity index (χ3n) is 3.88. The van der Waals surface area contributed by atoms with Crippen LogP contribution >= 0.6 is 0 Å². The molecule has 1 aromatic rings. The van der Waals surface area contributed by atoms with Gasteiger partial charge in [-0.15, -0.1) is 0 Å². The first kappa shape index (κ1) is 13.3. The van der Waals surface area contributed by atoms with E-state index in [-0.39, 0.29) is 23.4 Å². The van der Waals surface area contributed by atoms with Crippen molar-refractivity contribution in [3.8, 4) is 0 Å². The smallest absolute Gasteiger partial charge is 0.253 e. The lowest BCUT2D eigenvalue weighted by Crippen LogP contribution is -2.41. The monoisotopic (exact) mass is 282 g/mol. The van der Waals surface area contributed by atoms with Crippen molar-refractivity contribution in [2.24, 2.45) is 5.92 Å². The van der Waals surface area contributed by atoms with Gasteiger partial charge in [-0.1, -0.05) is 0 Å². The molecule has 2 aliphatic rings. The largest absolute Gasteiger partial charge is 0.398 e. The Bertz CT molecular complexity index is 546. The SMILES string of the molecule is Nc1cc(F)c(F)cc1C(=O)NC1CCOC1C1CC1. The molecule has 20 heavy (non-hydrogen) atoms. The molecule has 1 heterocycles. The average Bonchev–Trinajstić information content (AvgIpc) is 3.14. The molecule has 2 fully saturated rings. The Balaban J connectivity index is 1.74. The summed E-state index contributed by atoms with van der Waals surface area (Å²) in [4.78, 5) is 12.1. The molecule has 3 rings (SSSR count). The van der Waals surface area contributed by atoms with Crippen molar-refractivity contribution in [2.45, 2.75) is 31.4 Å². The van der Waals surface area contributed by atoms with Gasteiger partial charge in [0, 0.05) is 18.4 Å². The lowest BCUT2D eigenvalue weighted by Gasteiger charge is -2.20. The number of carbonyl (C=O) groups excluding carboxylic acids is 1. The normalized spacial score (nSPS) is 25.7. The van der Waals surface area contributed by atoms with Gasteiger partial charge in [0.25, 0.3) is 5.91 Å². The van der Waals surface area contributed by atoms with E-state index in [0.717, 1.165) is 31.4 Å². The number of rotatable bonds is 3. The molecule has 0 aromatic heterocycles. The zero-order chi connectivity index (χ0) is 14.3. The summed E-state index contributed by atoms with van der Waals surface area (Å²) in [5.74, 6) is -2.11. The zero-order valence-electron chi connectivity index (χ0n) is 10.9. The first-order chi connectivity index (χ1) is 9.56. The van der Waals surface area contributed by atoms with Crippen LogP contribution in [0.3, 0.4) is 0 Å². The van der Waals surface area contributed by atoms with Crippen LogP contribution < -0.4 is 11.1 Å². The van der Waals surface area contributed by atoms with Crippen LogP contribution in [-0.4, -0.2) is 24.7 Å². The summed E-state index contributed by atoms with van der Waals surface area (Å²) >= 11 is 0. The number of hydrogen-bond acceptors (Lipinski definition) is 3. The van der Waals surface area contributed by atoms with Crippen LogP contribution in [0.4, 0.5) is 14.5 Å². The lowest BCUT2D eigenvalue weighted by atomic mass is 10.1. The van der Waals surface area contributed by atoms with Crippen molar-refractivity contribution in [3.63, 3.8) is 0 Å². The standard InChI is InChI=1S/C14H16F2N2O2/c15-9-5-8(11(17)6-10(9)16)14(19)18-12-3-4-20-13(12)7-1-2-7/h5-7,12-13H,1-4,17H2,(H,18,19). The molecule has 108 valence electrons. The second-order valence-corrected chi connectivity index (χ2v) is 5.40. The first-order valence-corrected chi connectivity index (χ1v) is 6.73. The van der Waals surface area contributed by atoms with Crippen molar-refractivity contribution >= 4 is 11.6 Å². The van der Waals surface area contributed by atoms with Crippen molar-refractivity contribution in [1.82, 2.24) is 5.32 Å². The third kappa shape index (κ3) is 2.47. The first-order valence-electron chi connectivity index (χ1n) is 6.73. The predicted octanol–water partition coefficient (Wildman–Crippen LogP) is 1.84. The number of halogens is 2. The molecule has 1 saturated heterocycles. The summed E-state index contributed by atoms with van der Waals surface area (Å²) in [6.45, 7) is 0.610. The number of hydrogen-bond donors (Lipinski definition) is 2. The molecule has 4 nitrogen and oxygen atoms in total. The molecule has 3 N–H and O–H groups in total. The summed E-state index contributed by atoms with van der Waals surface area (Å²) < 4.78 is 31.8. The van der Waals surface area contributed by atoms with Gasteiger partial charge in [-0.2, -0.15) is 0 Å². The van der Waals surface area contributed by atoms with Gasteiger partial charge in [0.05, 0.1) is 17.7 Å². The second-order valence-electron chi connectivity index (χ2n) is 5.40. The van der Waals surface area contributed by atoms with Gasteiger partial charge in [-0.25, -0.2) is 8.78 Å². The van der Waals surface area contributed by atoms with E-state index in [0.29, 0.717) is 12.5 Å². The van der Waals surface area contributed by atoms with Crippen molar-refractivity contribution in [3.05, 3.63) is 29.3 Å². The number of carbonyl (C=O) groups is 1. The maximum Gasteiger partial charge on any atom is 0.253 e. The Kier molecular flexibility index (Phi) is 3.33. The van der Waals surface area contributed by atoms with Crippen molar-refractivity contribution in [1.29, 1.82) is 0 Å². The molecular weight excluding hydrogens is 266 g/mol. The summed E-state index contributed by atoms with van der Waals surface area (Å²) in [6.07, 6.45) is 3.00. The van der Waals surface area contributed by atoms with Crippen LogP contribution in [0.25, 0.3) is 0 Å². The van der Waals surface area contributed by atoms with Gasteiger partial charge >= 0.3 is 0 Å². The van der Waals surface area contributed by atoms with Crippen LogP contribution in [0.2, 0.25) is 0 Å². The lowest BCUT2D eigenvalue weighted by molar-refractivity contribution is 0.0730. The van der Waals surface area contributed by atoms with Crippen molar-refractivity contribution < 1.29 is 18.3 Å². The summed E-state index contributed by atoms with van der Waals surface area (Å²) in [5, 5.41) is 2.82. The highest BCUT2D eigenvalue weighted by Crippen LogP contribution is 2.38. The molecule has 1 aromatic carbocycles. The predicted molar refractivity (Wildman–Crippen MR) is 69.1 cm³/mol.